The first-order valence-electron chi connectivity index (χ1n) is 6.82. The van der Waals surface area contributed by atoms with Crippen LogP contribution in [0.2, 0.25) is 0 Å². The van der Waals surface area contributed by atoms with Crippen LogP contribution in [0.4, 0.5) is 11.4 Å². The number of hydrogen-bond donors (Lipinski definition) is 2. The molecule has 20 heavy (non-hydrogen) atoms. The fourth-order valence-corrected chi connectivity index (χ4v) is 2.36. The lowest BCUT2D eigenvalue weighted by atomic mass is 10.1. The Morgan fingerprint density at radius 3 is 2.15 bits per heavy atom. The number of nitrogen functional groups attached to an aromatic ring is 1. The molecule has 0 unspecified atom stereocenters. The maximum absolute atomic E-state index is 7.55. The fraction of sp³-hybridized carbons (Fsp3) is 0.235. The van der Waals surface area contributed by atoms with Gasteiger partial charge in [0.2, 0.25) is 0 Å². The Kier molecular flexibility index (Phi) is 4.08. The van der Waals surface area contributed by atoms with Crippen molar-refractivity contribution in [3.8, 4) is 0 Å². The maximum Gasteiger partial charge on any atom is 0.123 e. The summed E-state index contributed by atoms with van der Waals surface area (Å²) in [6.45, 7) is 7.10. The lowest BCUT2D eigenvalue weighted by Crippen LogP contribution is -2.17. The molecule has 0 bridgehead atoms. The van der Waals surface area contributed by atoms with Gasteiger partial charge >= 0.3 is 0 Å². The van der Waals surface area contributed by atoms with E-state index >= 15 is 0 Å². The van der Waals surface area contributed by atoms with Crippen molar-refractivity contribution in [3.05, 3.63) is 59.2 Å². The molecule has 104 valence electrons. The molecule has 0 spiro atoms. The number of hydrogen-bond acceptors (Lipinski definition) is 2. The van der Waals surface area contributed by atoms with Crippen LogP contribution in [0.1, 0.15) is 23.6 Å². The van der Waals surface area contributed by atoms with Crippen molar-refractivity contribution in [1.82, 2.24) is 0 Å². The highest BCUT2D eigenvalue weighted by atomic mass is 15.1. The number of rotatable bonds is 4. The number of benzene rings is 2. The van der Waals surface area contributed by atoms with Gasteiger partial charge in [-0.05, 0) is 56.7 Å². The highest BCUT2D eigenvalue weighted by molar-refractivity contribution is 5.96. The molecule has 2 rings (SSSR count). The Hall–Kier alpha value is -2.29. The van der Waals surface area contributed by atoms with Crippen molar-refractivity contribution in [2.45, 2.75) is 20.8 Å². The van der Waals surface area contributed by atoms with Crippen LogP contribution in [-0.4, -0.2) is 12.4 Å². The van der Waals surface area contributed by atoms with Crippen molar-refractivity contribution in [3.63, 3.8) is 0 Å². The molecule has 0 radical (unpaired) electrons. The molecule has 0 heterocycles. The summed E-state index contributed by atoms with van der Waals surface area (Å²) in [6, 6.07) is 14.5. The van der Waals surface area contributed by atoms with E-state index in [0.717, 1.165) is 23.4 Å². The second-order valence-electron chi connectivity index (χ2n) is 4.99. The smallest absolute Gasteiger partial charge is 0.123 e. The molecule has 3 nitrogen and oxygen atoms in total. The quantitative estimate of drug-likeness (QED) is 0.655. The van der Waals surface area contributed by atoms with Crippen LogP contribution >= 0.6 is 0 Å². The van der Waals surface area contributed by atoms with E-state index in [1.54, 1.807) is 0 Å². The van der Waals surface area contributed by atoms with Crippen LogP contribution in [0, 0.1) is 19.3 Å². The zero-order chi connectivity index (χ0) is 14.7. The van der Waals surface area contributed by atoms with Crippen LogP contribution in [0.5, 0.6) is 0 Å². The Labute approximate surface area is 120 Å². The summed E-state index contributed by atoms with van der Waals surface area (Å²) < 4.78 is 0. The van der Waals surface area contributed by atoms with Gasteiger partial charge in [-0.1, -0.05) is 17.7 Å². The molecule has 0 aliphatic rings. The van der Waals surface area contributed by atoms with Crippen LogP contribution in [0.15, 0.2) is 42.5 Å². The van der Waals surface area contributed by atoms with E-state index in [-0.39, 0.29) is 5.84 Å². The molecule has 0 fully saturated rings. The van der Waals surface area contributed by atoms with E-state index in [1.165, 1.54) is 11.3 Å². The number of nitrogens with one attached hydrogen (secondary N) is 1. The second kappa shape index (κ2) is 5.78. The van der Waals surface area contributed by atoms with Crippen LogP contribution in [-0.2, 0) is 0 Å². The van der Waals surface area contributed by atoms with Gasteiger partial charge in [-0.3, -0.25) is 5.41 Å². The molecular weight excluding hydrogens is 246 g/mol. The molecule has 0 amide bonds. The fourth-order valence-electron chi connectivity index (χ4n) is 2.36. The SMILES string of the molecule is CCN(c1ccc(C)cc1)c1ccc(C(=N)N)c(C)c1. The van der Waals surface area contributed by atoms with Crippen molar-refractivity contribution in [1.29, 1.82) is 5.41 Å². The van der Waals surface area contributed by atoms with Gasteiger partial charge in [-0.2, -0.15) is 0 Å². The van der Waals surface area contributed by atoms with Crippen molar-refractivity contribution in [2.24, 2.45) is 5.73 Å². The Bertz CT molecular complexity index is 615. The molecule has 3 N–H and O–H groups in total. The third-order valence-electron chi connectivity index (χ3n) is 3.47. The van der Waals surface area contributed by atoms with Gasteiger partial charge in [0, 0.05) is 23.5 Å². The molecular formula is C17H21N3. The third kappa shape index (κ3) is 2.82. The Morgan fingerprint density at radius 2 is 1.65 bits per heavy atom. The predicted molar refractivity (Wildman–Crippen MR) is 86.1 cm³/mol. The summed E-state index contributed by atoms with van der Waals surface area (Å²) >= 11 is 0. The minimum absolute atomic E-state index is 0.118. The average Bonchev–Trinajstić information content (AvgIpc) is 2.41. The molecule has 0 saturated heterocycles. The summed E-state index contributed by atoms with van der Waals surface area (Å²) in [5, 5.41) is 7.55. The summed E-state index contributed by atoms with van der Waals surface area (Å²) in [7, 11) is 0. The first kappa shape index (κ1) is 14.1. The topological polar surface area (TPSA) is 53.1 Å². The second-order valence-corrected chi connectivity index (χ2v) is 4.99. The van der Waals surface area contributed by atoms with Gasteiger partial charge in [0.05, 0.1) is 0 Å². The summed E-state index contributed by atoms with van der Waals surface area (Å²) in [5.74, 6) is 0.118. The van der Waals surface area contributed by atoms with Crippen LogP contribution < -0.4 is 10.6 Å². The third-order valence-corrected chi connectivity index (χ3v) is 3.47. The Morgan fingerprint density at radius 1 is 1.05 bits per heavy atom. The molecule has 0 saturated carbocycles. The summed E-state index contributed by atoms with van der Waals surface area (Å²) in [5.41, 5.74) is 11.0. The minimum Gasteiger partial charge on any atom is -0.384 e. The predicted octanol–water partition coefficient (Wildman–Crippen LogP) is 3.75. The van der Waals surface area contributed by atoms with E-state index in [1.807, 2.05) is 19.1 Å². The number of amidine groups is 1. The molecule has 2 aromatic rings. The minimum atomic E-state index is 0.118. The largest absolute Gasteiger partial charge is 0.384 e. The van der Waals surface area contributed by atoms with Gasteiger partial charge in [-0.25, -0.2) is 0 Å². The lowest BCUT2D eigenvalue weighted by Gasteiger charge is -2.24. The molecule has 0 aliphatic carbocycles. The zero-order valence-electron chi connectivity index (χ0n) is 12.3. The highest BCUT2D eigenvalue weighted by Crippen LogP contribution is 2.27. The number of nitrogens with zero attached hydrogens (tertiary/aromatic N) is 1. The molecule has 0 aliphatic heterocycles. The standard InChI is InChI=1S/C17H21N3/c1-4-20(14-7-5-12(2)6-8-14)15-9-10-16(17(18)19)13(3)11-15/h5-11H,4H2,1-3H3,(H3,18,19). The van der Waals surface area contributed by atoms with E-state index in [4.69, 9.17) is 11.1 Å². The Balaban J connectivity index is 2.39. The molecule has 0 atom stereocenters. The van der Waals surface area contributed by atoms with Crippen LogP contribution in [0.25, 0.3) is 0 Å². The van der Waals surface area contributed by atoms with Crippen LogP contribution in [0.3, 0.4) is 0 Å². The zero-order valence-corrected chi connectivity index (χ0v) is 12.3. The normalized spacial score (nSPS) is 10.3. The van der Waals surface area contributed by atoms with E-state index in [2.05, 4.69) is 49.1 Å². The van der Waals surface area contributed by atoms with E-state index < -0.39 is 0 Å². The summed E-state index contributed by atoms with van der Waals surface area (Å²) in [4.78, 5) is 2.25. The van der Waals surface area contributed by atoms with Crippen molar-refractivity contribution in [2.75, 3.05) is 11.4 Å². The van der Waals surface area contributed by atoms with Gasteiger partial charge < -0.3 is 10.6 Å². The first-order valence-corrected chi connectivity index (χ1v) is 6.82. The number of nitrogens with two attached hydrogens (primary N) is 1. The van der Waals surface area contributed by atoms with E-state index in [9.17, 15) is 0 Å². The number of anilines is 2. The molecule has 0 aromatic heterocycles. The van der Waals surface area contributed by atoms with Gasteiger partial charge in [0.15, 0.2) is 0 Å². The van der Waals surface area contributed by atoms with Crippen molar-refractivity contribution < 1.29 is 0 Å². The van der Waals surface area contributed by atoms with Gasteiger partial charge in [0.25, 0.3) is 0 Å². The first-order chi connectivity index (χ1) is 9.52. The highest BCUT2D eigenvalue weighted by Gasteiger charge is 2.09. The summed E-state index contributed by atoms with van der Waals surface area (Å²) in [6.07, 6.45) is 0. The van der Waals surface area contributed by atoms with Crippen molar-refractivity contribution >= 4 is 17.2 Å². The van der Waals surface area contributed by atoms with Gasteiger partial charge in [0.1, 0.15) is 5.84 Å². The number of aryl methyl sites for hydroxylation is 2. The van der Waals surface area contributed by atoms with Gasteiger partial charge in [-0.15, -0.1) is 0 Å². The molecule has 2 aromatic carbocycles. The monoisotopic (exact) mass is 267 g/mol. The lowest BCUT2D eigenvalue weighted by molar-refractivity contribution is 1.02. The molecule has 3 heteroatoms. The maximum atomic E-state index is 7.55. The van der Waals surface area contributed by atoms with E-state index in [0.29, 0.717) is 0 Å². The average molecular weight is 267 g/mol.